The summed E-state index contributed by atoms with van der Waals surface area (Å²) in [4.78, 5) is 16.8. The van der Waals surface area contributed by atoms with Crippen LogP contribution >= 0.6 is 11.6 Å². The highest BCUT2D eigenvalue weighted by molar-refractivity contribution is 7.92. The molecule has 7 nitrogen and oxygen atoms in total. The van der Waals surface area contributed by atoms with E-state index in [4.69, 9.17) is 16.3 Å². The van der Waals surface area contributed by atoms with Crippen LogP contribution in [0, 0.1) is 0 Å². The fraction of sp³-hybridized carbons (Fsp3) is 0.182. The number of nitrogens with one attached hydrogen (secondary N) is 2. The van der Waals surface area contributed by atoms with Gasteiger partial charge in [-0.05, 0) is 67.8 Å². The molecule has 1 fully saturated rings. The van der Waals surface area contributed by atoms with Crippen molar-refractivity contribution in [3.8, 4) is 11.6 Å². The summed E-state index contributed by atoms with van der Waals surface area (Å²) >= 11 is 5.83. The second kappa shape index (κ2) is 8.95. The molecule has 1 aliphatic carbocycles. The molecule has 4 rings (SSSR count). The van der Waals surface area contributed by atoms with Crippen LogP contribution in [0.3, 0.4) is 0 Å². The van der Waals surface area contributed by atoms with Gasteiger partial charge in [-0.15, -0.1) is 0 Å². The lowest BCUT2D eigenvalue weighted by Gasteiger charge is -2.26. The van der Waals surface area contributed by atoms with E-state index >= 15 is 0 Å². The average Bonchev–Trinajstić information content (AvgIpc) is 2.71. The summed E-state index contributed by atoms with van der Waals surface area (Å²) in [5, 5.41) is 3.41. The highest BCUT2D eigenvalue weighted by atomic mass is 35.5. The number of sulfonamides is 1. The van der Waals surface area contributed by atoms with Crippen LogP contribution in [-0.2, 0) is 10.0 Å². The molecule has 0 aliphatic heterocycles. The van der Waals surface area contributed by atoms with Crippen LogP contribution < -0.4 is 14.8 Å². The zero-order valence-corrected chi connectivity index (χ0v) is 18.0. The van der Waals surface area contributed by atoms with Gasteiger partial charge in [0.15, 0.2) is 0 Å². The second-order valence-corrected chi connectivity index (χ2v) is 9.27. The van der Waals surface area contributed by atoms with Gasteiger partial charge in [-0.3, -0.25) is 9.52 Å². The van der Waals surface area contributed by atoms with Crippen molar-refractivity contribution in [2.75, 3.05) is 4.72 Å². The first-order chi connectivity index (χ1) is 14.9. The number of halogens is 1. The fourth-order valence-corrected chi connectivity index (χ4v) is 4.20. The van der Waals surface area contributed by atoms with E-state index in [1.54, 1.807) is 30.3 Å². The number of amides is 1. The third-order valence-electron chi connectivity index (χ3n) is 4.88. The van der Waals surface area contributed by atoms with E-state index in [9.17, 15) is 13.2 Å². The number of hydrogen-bond acceptors (Lipinski definition) is 5. The van der Waals surface area contributed by atoms with Gasteiger partial charge in [-0.1, -0.05) is 17.7 Å². The van der Waals surface area contributed by atoms with E-state index in [1.807, 2.05) is 0 Å². The van der Waals surface area contributed by atoms with Crippen LogP contribution in [0.1, 0.15) is 29.6 Å². The molecular formula is C22H20ClN3O4S. The van der Waals surface area contributed by atoms with Crippen molar-refractivity contribution in [3.05, 3.63) is 77.4 Å². The number of benzene rings is 2. The molecule has 3 aromatic rings. The standard InChI is InChI=1S/C22H20ClN3O4S/c23-15-9-11-19(12-10-15)31(28,29)26-17-6-2-7-18(14-17)30-22-20(8-3-13-24-22)21(27)25-16-4-1-5-16/h2-3,6-14,16,26H,1,4-5H2,(H,25,27). The van der Waals surface area contributed by atoms with Crippen molar-refractivity contribution in [2.45, 2.75) is 30.2 Å². The Balaban J connectivity index is 1.52. The summed E-state index contributed by atoms with van der Waals surface area (Å²) in [6.45, 7) is 0. The molecule has 9 heteroatoms. The van der Waals surface area contributed by atoms with Crippen LogP contribution in [0.25, 0.3) is 0 Å². The lowest BCUT2D eigenvalue weighted by molar-refractivity contribution is 0.0914. The Kier molecular flexibility index (Phi) is 6.11. The molecule has 0 unspecified atom stereocenters. The van der Waals surface area contributed by atoms with Gasteiger partial charge < -0.3 is 10.1 Å². The molecule has 1 amide bonds. The van der Waals surface area contributed by atoms with Crippen LogP contribution in [-0.4, -0.2) is 25.4 Å². The lowest BCUT2D eigenvalue weighted by atomic mass is 9.93. The Hall–Kier alpha value is -3.10. The van der Waals surface area contributed by atoms with Crippen molar-refractivity contribution in [3.63, 3.8) is 0 Å². The van der Waals surface area contributed by atoms with Gasteiger partial charge in [0.2, 0.25) is 5.88 Å². The van der Waals surface area contributed by atoms with Crippen molar-refractivity contribution in [2.24, 2.45) is 0 Å². The lowest BCUT2D eigenvalue weighted by Crippen LogP contribution is -2.39. The van der Waals surface area contributed by atoms with Gasteiger partial charge in [-0.2, -0.15) is 0 Å². The summed E-state index contributed by atoms with van der Waals surface area (Å²) in [7, 11) is -3.80. The zero-order valence-electron chi connectivity index (χ0n) is 16.4. The molecule has 0 radical (unpaired) electrons. The minimum atomic E-state index is -3.80. The Labute approximate surface area is 185 Å². The Morgan fingerprint density at radius 2 is 1.84 bits per heavy atom. The zero-order chi connectivity index (χ0) is 21.8. The first-order valence-corrected chi connectivity index (χ1v) is 11.6. The van der Waals surface area contributed by atoms with Crippen LogP contribution in [0.15, 0.2) is 71.8 Å². The molecule has 160 valence electrons. The normalized spacial score (nSPS) is 13.8. The summed E-state index contributed by atoms with van der Waals surface area (Å²) < 4.78 is 33.5. The number of ether oxygens (including phenoxy) is 1. The van der Waals surface area contributed by atoms with Gasteiger partial charge in [0.1, 0.15) is 11.3 Å². The maximum Gasteiger partial charge on any atom is 0.261 e. The van der Waals surface area contributed by atoms with Crippen molar-refractivity contribution < 1.29 is 17.9 Å². The van der Waals surface area contributed by atoms with E-state index in [-0.39, 0.29) is 22.7 Å². The maximum atomic E-state index is 12.6. The summed E-state index contributed by atoms with van der Waals surface area (Å²) in [6.07, 6.45) is 4.58. The quantitative estimate of drug-likeness (QED) is 0.540. The molecule has 2 N–H and O–H groups in total. The predicted molar refractivity (Wildman–Crippen MR) is 118 cm³/mol. The highest BCUT2D eigenvalue weighted by Crippen LogP contribution is 2.27. The number of pyridine rings is 1. The maximum absolute atomic E-state index is 12.6. The molecule has 31 heavy (non-hydrogen) atoms. The second-order valence-electron chi connectivity index (χ2n) is 7.15. The smallest absolute Gasteiger partial charge is 0.261 e. The Bertz CT molecular complexity index is 1200. The number of carbonyl (C=O) groups excluding carboxylic acids is 1. The number of nitrogens with zero attached hydrogens (tertiary/aromatic N) is 1. The number of rotatable bonds is 7. The first-order valence-electron chi connectivity index (χ1n) is 9.73. The van der Waals surface area contributed by atoms with E-state index < -0.39 is 10.0 Å². The topological polar surface area (TPSA) is 97.4 Å². The molecule has 1 aromatic heterocycles. The largest absolute Gasteiger partial charge is 0.438 e. The minimum Gasteiger partial charge on any atom is -0.438 e. The van der Waals surface area contributed by atoms with Crippen LogP contribution in [0.4, 0.5) is 5.69 Å². The van der Waals surface area contributed by atoms with Crippen molar-refractivity contribution in [1.29, 1.82) is 0 Å². The predicted octanol–water partition coefficient (Wildman–Crippen LogP) is 4.61. The summed E-state index contributed by atoms with van der Waals surface area (Å²) in [6, 6.07) is 15.8. The van der Waals surface area contributed by atoms with Gasteiger partial charge in [0, 0.05) is 23.3 Å². The molecule has 0 bridgehead atoms. The van der Waals surface area contributed by atoms with E-state index in [0.29, 0.717) is 22.0 Å². The molecule has 1 aliphatic rings. The monoisotopic (exact) mass is 457 g/mol. The van der Waals surface area contributed by atoms with Crippen LogP contribution in [0.5, 0.6) is 11.6 Å². The van der Waals surface area contributed by atoms with Gasteiger partial charge >= 0.3 is 0 Å². The van der Waals surface area contributed by atoms with Crippen molar-refractivity contribution in [1.82, 2.24) is 10.3 Å². The molecule has 0 atom stereocenters. The SMILES string of the molecule is O=C(NC1CCC1)c1cccnc1Oc1cccc(NS(=O)(=O)c2ccc(Cl)cc2)c1. The molecule has 0 saturated heterocycles. The summed E-state index contributed by atoms with van der Waals surface area (Å²) in [5.74, 6) is 0.247. The number of aromatic nitrogens is 1. The molecular weight excluding hydrogens is 438 g/mol. The third kappa shape index (κ3) is 5.15. The Morgan fingerprint density at radius 3 is 2.55 bits per heavy atom. The van der Waals surface area contributed by atoms with Gasteiger partial charge in [-0.25, -0.2) is 13.4 Å². The number of anilines is 1. The minimum absolute atomic E-state index is 0.0860. The van der Waals surface area contributed by atoms with Crippen molar-refractivity contribution >= 4 is 33.2 Å². The van der Waals surface area contributed by atoms with E-state index in [1.165, 1.54) is 36.5 Å². The molecule has 0 spiro atoms. The fourth-order valence-electron chi connectivity index (χ4n) is 3.02. The molecule has 2 aromatic carbocycles. The number of hydrogen-bond donors (Lipinski definition) is 2. The van der Waals surface area contributed by atoms with Gasteiger partial charge in [0.05, 0.1) is 10.6 Å². The first kappa shape index (κ1) is 21.1. The average molecular weight is 458 g/mol. The van der Waals surface area contributed by atoms with E-state index in [2.05, 4.69) is 15.0 Å². The Morgan fingerprint density at radius 1 is 1.06 bits per heavy atom. The highest BCUT2D eigenvalue weighted by Gasteiger charge is 2.22. The van der Waals surface area contributed by atoms with Crippen LogP contribution in [0.2, 0.25) is 5.02 Å². The molecule has 1 saturated carbocycles. The third-order valence-corrected chi connectivity index (χ3v) is 6.53. The molecule has 1 heterocycles. The van der Waals surface area contributed by atoms with Gasteiger partial charge in [0.25, 0.3) is 15.9 Å². The van der Waals surface area contributed by atoms with E-state index in [0.717, 1.165) is 19.3 Å². The summed E-state index contributed by atoms with van der Waals surface area (Å²) in [5.41, 5.74) is 0.630. The number of carbonyl (C=O) groups is 1.